The van der Waals surface area contributed by atoms with Gasteiger partial charge in [0.15, 0.2) is 0 Å². The maximum Gasteiger partial charge on any atom is 0.404 e. The molecule has 1 radical (unpaired) electrons. The molecule has 0 bridgehead atoms. The molecule has 0 aliphatic heterocycles. The summed E-state index contributed by atoms with van der Waals surface area (Å²) in [5.41, 5.74) is 0. The Hall–Kier alpha value is -0.572. The van der Waals surface area contributed by atoms with E-state index >= 15 is 0 Å². The molecule has 6 heteroatoms. The number of nitrogens with one attached hydrogen (secondary N) is 1. The quantitative estimate of drug-likeness (QED) is 0.639. The fourth-order valence-electron chi connectivity index (χ4n) is 0. The molecule has 3 N–H and O–H groups in total. The van der Waals surface area contributed by atoms with Crippen LogP contribution in [0.3, 0.4) is 0 Å². The number of hydrogen-bond donors (Lipinski definition) is 3. The van der Waals surface area contributed by atoms with Crippen LogP contribution in [0, 0.1) is 6.42 Å². The summed E-state index contributed by atoms with van der Waals surface area (Å²) in [5, 5.41) is 17.2. The van der Waals surface area contributed by atoms with Crippen LogP contribution in [0.1, 0.15) is 6.92 Å². The Morgan fingerprint density at radius 2 is 1.55 bits per heavy atom. The molecule has 0 heterocycles. The zero-order valence-corrected chi connectivity index (χ0v) is 9.13. The monoisotopic (exact) mass is 332 g/mol. The third-order valence-corrected chi connectivity index (χ3v) is 0.461. The zero-order chi connectivity index (χ0) is 8.57. The minimum Gasteiger partial charge on any atom is -0.481 e. The third-order valence-electron chi connectivity index (χ3n) is 0.461. The molecule has 0 aromatic carbocycles. The van der Waals surface area contributed by atoms with Gasteiger partial charge in [-0.2, -0.15) is 0 Å². The average molecular weight is 332 g/mol. The molecule has 0 aromatic rings. The van der Waals surface area contributed by atoms with Crippen LogP contribution in [0.15, 0.2) is 0 Å². The third kappa shape index (κ3) is 44.3. The molecule has 0 saturated carbocycles. The standard InChI is InChI=1S/C3H5O2.C2H5NO2.W/c1-2-3(4)5;1-3-2(4)5;/h2H,1H3,(H,4,5);3H,1H3,(H,4,5);. The smallest absolute Gasteiger partial charge is 0.404 e. The van der Waals surface area contributed by atoms with Crippen LogP contribution >= 0.6 is 0 Å². The van der Waals surface area contributed by atoms with Crippen molar-refractivity contribution in [3.05, 3.63) is 6.42 Å². The molecule has 5 nitrogen and oxygen atoms in total. The van der Waals surface area contributed by atoms with Crippen LogP contribution in [-0.2, 0) is 25.9 Å². The minimum absolute atomic E-state index is 0. The maximum atomic E-state index is 9.31. The van der Waals surface area contributed by atoms with E-state index in [4.69, 9.17) is 10.2 Å². The maximum absolute atomic E-state index is 9.31. The molecule has 0 aliphatic carbocycles. The molecule has 0 unspecified atom stereocenters. The van der Waals surface area contributed by atoms with E-state index in [2.05, 4.69) is 0 Å². The van der Waals surface area contributed by atoms with Crippen molar-refractivity contribution in [2.45, 2.75) is 6.92 Å². The summed E-state index contributed by atoms with van der Waals surface area (Å²) >= 11 is 0. The number of carboxylic acids is 1. The second kappa shape index (κ2) is 12.1. The average Bonchev–Trinajstić information content (AvgIpc) is 1.89. The molecule has 0 aliphatic rings. The molecule has 0 atom stereocenters. The van der Waals surface area contributed by atoms with Crippen LogP contribution < -0.4 is 5.32 Å². The van der Waals surface area contributed by atoms with Crippen LogP contribution in [-0.4, -0.2) is 29.3 Å². The van der Waals surface area contributed by atoms with Crippen molar-refractivity contribution in [2.24, 2.45) is 0 Å². The van der Waals surface area contributed by atoms with Gasteiger partial charge < -0.3 is 15.5 Å². The van der Waals surface area contributed by atoms with E-state index in [0.29, 0.717) is 0 Å². The van der Waals surface area contributed by atoms with Gasteiger partial charge in [0.1, 0.15) is 0 Å². The summed E-state index contributed by atoms with van der Waals surface area (Å²) in [5.74, 6) is -0.870. The van der Waals surface area contributed by atoms with Gasteiger partial charge in [-0.3, -0.25) is 4.79 Å². The topological polar surface area (TPSA) is 86.6 Å². The molecule has 0 rings (SSSR count). The van der Waals surface area contributed by atoms with Gasteiger partial charge in [-0.15, -0.1) is 0 Å². The van der Waals surface area contributed by atoms with Crippen LogP contribution in [0.4, 0.5) is 4.79 Å². The zero-order valence-electron chi connectivity index (χ0n) is 6.20. The SMILES string of the molecule is CNC(=O)O.C[CH]C(=O)O.[W]. The van der Waals surface area contributed by atoms with Crippen molar-refractivity contribution in [2.75, 3.05) is 7.05 Å². The molecule has 0 spiro atoms. The molecule has 0 saturated heterocycles. The van der Waals surface area contributed by atoms with Crippen molar-refractivity contribution in [1.29, 1.82) is 0 Å². The Morgan fingerprint density at radius 3 is 1.55 bits per heavy atom. The second-order valence-corrected chi connectivity index (χ2v) is 1.18. The van der Waals surface area contributed by atoms with Gasteiger partial charge in [0.05, 0.1) is 6.42 Å². The molecular formula is C5H10NO4W. The van der Waals surface area contributed by atoms with E-state index in [1.807, 2.05) is 5.32 Å². The van der Waals surface area contributed by atoms with E-state index in [1.54, 1.807) is 0 Å². The van der Waals surface area contributed by atoms with E-state index in [1.165, 1.54) is 14.0 Å². The summed E-state index contributed by atoms with van der Waals surface area (Å²) in [6, 6.07) is 0. The van der Waals surface area contributed by atoms with Crippen LogP contribution in [0.2, 0.25) is 0 Å². The van der Waals surface area contributed by atoms with Crippen molar-refractivity contribution in [1.82, 2.24) is 5.32 Å². The van der Waals surface area contributed by atoms with Crippen LogP contribution in [0.25, 0.3) is 0 Å². The van der Waals surface area contributed by atoms with Gasteiger partial charge in [-0.25, -0.2) is 4.79 Å². The number of carboxylic acid groups (broad SMARTS) is 2. The Labute approximate surface area is 79.1 Å². The van der Waals surface area contributed by atoms with Crippen molar-refractivity contribution in [3.8, 4) is 0 Å². The minimum atomic E-state index is -0.995. The van der Waals surface area contributed by atoms with Gasteiger partial charge >= 0.3 is 12.1 Å². The van der Waals surface area contributed by atoms with Gasteiger partial charge in [0.2, 0.25) is 0 Å². The molecular weight excluding hydrogens is 322 g/mol. The van der Waals surface area contributed by atoms with Gasteiger partial charge in [-0.1, -0.05) is 6.92 Å². The summed E-state index contributed by atoms with van der Waals surface area (Å²) in [6.45, 7) is 1.47. The van der Waals surface area contributed by atoms with Gasteiger partial charge in [0, 0.05) is 28.1 Å². The predicted octanol–water partition coefficient (Wildman–Crippen LogP) is 0.176. The molecule has 1 amide bonds. The fraction of sp³-hybridized carbons (Fsp3) is 0.400. The molecule has 65 valence electrons. The normalized spacial score (nSPS) is 6.36. The Kier molecular flexibility index (Phi) is 18.5. The van der Waals surface area contributed by atoms with Crippen molar-refractivity contribution in [3.63, 3.8) is 0 Å². The van der Waals surface area contributed by atoms with Gasteiger partial charge in [-0.05, 0) is 0 Å². The number of carbonyl (C=O) groups is 2. The number of rotatable bonds is 1. The Balaban J connectivity index is -0.000000107. The van der Waals surface area contributed by atoms with Crippen molar-refractivity contribution < 1.29 is 40.9 Å². The fourth-order valence-corrected chi connectivity index (χ4v) is 0. The number of amides is 1. The first kappa shape index (κ1) is 16.8. The van der Waals surface area contributed by atoms with E-state index in [-0.39, 0.29) is 21.1 Å². The first-order chi connectivity index (χ1) is 4.54. The van der Waals surface area contributed by atoms with E-state index in [0.717, 1.165) is 6.42 Å². The number of aliphatic carboxylic acids is 1. The molecule has 0 aromatic heterocycles. The van der Waals surface area contributed by atoms with Crippen LogP contribution in [0.5, 0.6) is 0 Å². The molecule has 11 heavy (non-hydrogen) atoms. The summed E-state index contributed by atoms with van der Waals surface area (Å²) < 4.78 is 0. The summed E-state index contributed by atoms with van der Waals surface area (Å²) in [6.07, 6.45) is 0.0880. The second-order valence-electron chi connectivity index (χ2n) is 1.18. The van der Waals surface area contributed by atoms with Gasteiger partial charge in [0.25, 0.3) is 0 Å². The number of hydrogen-bond acceptors (Lipinski definition) is 2. The first-order valence-corrected chi connectivity index (χ1v) is 2.47. The predicted molar refractivity (Wildman–Crippen MR) is 34.7 cm³/mol. The first-order valence-electron chi connectivity index (χ1n) is 2.47. The van der Waals surface area contributed by atoms with Crippen molar-refractivity contribution >= 4 is 12.1 Å². The Morgan fingerprint density at radius 1 is 1.36 bits per heavy atom. The van der Waals surface area contributed by atoms with E-state index in [9.17, 15) is 9.59 Å². The summed E-state index contributed by atoms with van der Waals surface area (Å²) in [4.78, 5) is 18.6. The largest absolute Gasteiger partial charge is 0.481 e. The Bertz CT molecular complexity index is 103. The summed E-state index contributed by atoms with van der Waals surface area (Å²) in [7, 11) is 1.35. The molecule has 0 fully saturated rings. The van der Waals surface area contributed by atoms with E-state index < -0.39 is 12.1 Å².